The van der Waals surface area contributed by atoms with Crippen LogP contribution in [0.2, 0.25) is 0 Å². The zero-order valence-electron chi connectivity index (χ0n) is 6.76. The molecule has 0 saturated carbocycles. The van der Waals surface area contributed by atoms with Crippen molar-refractivity contribution in [1.29, 1.82) is 0 Å². The van der Waals surface area contributed by atoms with Crippen LogP contribution in [0.25, 0.3) is 0 Å². The molecule has 1 atom stereocenters. The smallest absolute Gasteiger partial charge is 0.223 e. The molecule has 3 heteroatoms. The standard InChI is InChI=1S/C8H14N2O/c1-3-6-10-8(11)7(2)4-5-9/h1,7H,4-6,9H2,2H3,(H,10,11). The molecule has 0 aliphatic rings. The fraction of sp³-hybridized carbons (Fsp3) is 0.625. The lowest BCUT2D eigenvalue weighted by molar-refractivity contribution is -0.124. The summed E-state index contributed by atoms with van der Waals surface area (Å²) in [6.07, 6.45) is 5.67. The second-order valence-electron chi connectivity index (χ2n) is 2.40. The highest BCUT2D eigenvalue weighted by molar-refractivity contribution is 5.78. The van der Waals surface area contributed by atoms with Gasteiger partial charge in [0.05, 0.1) is 6.54 Å². The van der Waals surface area contributed by atoms with Gasteiger partial charge >= 0.3 is 0 Å². The van der Waals surface area contributed by atoms with E-state index in [1.807, 2.05) is 6.92 Å². The zero-order valence-corrected chi connectivity index (χ0v) is 6.76. The van der Waals surface area contributed by atoms with Crippen LogP contribution in [-0.2, 0) is 4.79 Å². The average molecular weight is 154 g/mol. The summed E-state index contributed by atoms with van der Waals surface area (Å²) in [5.74, 6) is 2.28. The number of carbonyl (C=O) groups is 1. The van der Waals surface area contributed by atoms with E-state index in [1.165, 1.54) is 0 Å². The Labute approximate surface area is 67.3 Å². The number of nitrogens with one attached hydrogen (secondary N) is 1. The molecule has 0 radical (unpaired) electrons. The summed E-state index contributed by atoms with van der Waals surface area (Å²) in [4.78, 5) is 11.0. The highest BCUT2D eigenvalue weighted by atomic mass is 16.1. The van der Waals surface area contributed by atoms with Crippen LogP contribution >= 0.6 is 0 Å². The highest BCUT2D eigenvalue weighted by Gasteiger charge is 2.09. The van der Waals surface area contributed by atoms with Crippen LogP contribution in [0.5, 0.6) is 0 Å². The molecule has 0 aromatic rings. The number of hydrogen-bond donors (Lipinski definition) is 2. The molecule has 3 nitrogen and oxygen atoms in total. The van der Waals surface area contributed by atoms with E-state index >= 15 is 0 Å². The predicted octanol–water partition coefficient (Wildman–Crippen LogP) is -0.279. The van der Waals surface area contributed by atoms with Crippen molar-refractivity contribution in [3.63, 3.8) is 0 Å². The molecule has 0 bridgehead atoms. The molecule has 0 aliphatic carbocycles. The molecule has 11 heavy (non-hydrogen) atoms. The minimum Gasteiger partial charge on any atom is -0.345 e. The van der Waals surface area contributed by atoms with Crippen molar-refractivity contribution >= 4 is 5.91 Å². The minimum atomic E-state index is -0.0339. The summed E-state index contributed by atoms with van der Waals surface area (Å²) in [5, 5.41) is 2.59. The first-order valence-corrected chi connectivity index (χ1v) is 3.63. The molecule has 1 amide bonds. The van der Waals surface area contributed by atoms with Crippen molar-refractivity contribution < 1.29 is 4.79 Å². The number of nitrogens with two attached hydrogens (primary N) is 1. The quantitative estimate of drug-likeness (QED) is 0.547. The Balaban J connectivity index is 3.57. The molecule has 0 aromatic heterocycles. The molecule has 0 spiro atoms. The van der Waals surface area contributed by atoms with Gasteiger partial charge < -0.3 is 11.1 Å². The van der Waals surface area contributed by atoms with Gasteiger partial charge in [0.1, 0.15) is 0 Å². The Kier molecular flexibility index (Phi) is 5.22. The van der Waals surface area contributed by atoms with Crippen molar-refractivity contribution in [2.45, 2.75) is 13.3 Å². The monoisotopic (exact) mass is 154 g/mol. The maximum Gasteiger partial charge on any atom is 0.223 e. The molecule has 62 valence electrons. The van der Waals surface area contributed by atoms with Crippen molar-refractivity contribution in [2.24, 2.45) is 11.7 Å². The van der Waals surface area contributed by atoms with Gasteiger partial charge in [0.25, 0.3) is 0 Å². The number of rotatable bonds is 4. The molecule has 0 aliphatic heterocycles. The fourth-order valence-electron chi connectivity index (χ4n) is 0.693. The van der Waals surface area contributed by atoms with Gasteiger partial charge in [-0.1, -0.05) is 12.8 Å². The summed E-state index contributed by atoms with van der Waals surface area (Å²) >= 11 is 0. The van der Waals surface area contributed by atoms with E-state index in [4.69, 9.17) is 12.2 Å². The third kappa shape index (κ3) is 4.40. The first-order valence-electron chi connectivity index (χ1n) is 3.63. The second kappa shape index (κ2) is 5.75. The maximum atomic E-state index is 11.0. The molecule has 0 fully saturated rings. The lowest BCUT2D eigenvalue weighted by Gasteiger charge is -2.08. The van der Waals surface area contributed by atoms with E-state index in [0.717, 1.165) is 0 Å². The predicted molar refractivity (Wildman–Crippen MR) is 44.7 cm³/mol. The lowest BCUT2D eigenvalue weighted by Crippen LogP contribution is -2.30. The summed E-state index contributed by atoms with van der Waals surface area (Å²) < 4.78 is 0. The van der Waals surface area contributed by atoms with Gasteiger partial charge in [-0.3, -0.25) is 4.79 Å². The largest absolute Gasteiger partial charge is 0.345 e. The molecule has 0 heterocycles. The normalized spacial score (nSPS) is 11.7. The third-order valence-electron chi connectivity index (χ3n) is 1.41. The highest BCUT2D eigenvalue weighted by Crippen LogP contribution is 1.98. The number of hydrogen-bond acceptors (Lipinski definition) is 2. The molecule has 1 unspecified atom stereocenters. The van der Waals surface area contributed by atoms with E-state index in [-0.39, 0.29) is 11.8 Å². The average Bonchev–Trinajstić information content (AvgIpc) is 2.00. The van der Waals surface area contributed by atoms with Crippen LogP contribution in [0.3, 0.4) is 0 Å². The summed E-state index contributed by atoms with van der Waals surface area (Å²) in [6, 6.07) is 0. The van der Waals surface area contributed by atoms with Crippen LogP contribution in [0.4, 0.5) is 0 Å². The van der Waals surface area contributed by atoms with Gasteiger partial charge in [-0.05, 0) is 13.0 Å². The van der Waals surface area contributed by atoms with Gasteiger partial charge in [0.2, 0.25) is 5.91 Å². The van der Waals surface area contributed by atoms with Crippen molar-refractivity contribution in [1.82, 2.24) is 5.32 Å². The van der Waals surface area contributed by atoms with Gasteiger partial charge in [0, 0.05) is 5.92 Å². The molecule has 3 N–H and O–H groups in total. The minimum absolute atomic E-state index is 0.0200. The number of amides is 1. The summed E-state index contributed by atoms with van der Waals surface area (Å²) in [6.45, 7) is 2.66. The molecule has 0 rings (SSSR count). The van der Waals surface area contributed by atoms with E-state index < -0.39 is 0 Å². The Morgan fingerprint density at radius 1 is 1.82 bits per heavy atom. The molecule has 0 aromatic carbocycles. The zero-order chi connectivity index (χ0) is 8.69. The van der Waals surface area contributed by atoms with Gasteiger partial charge in [-0.15, -0.1) is 6.42 Å². The fourth-order valence-corrected chi connectivity index (χ4v) is 0.693. The second-order valence-corrected chi connectivity index (χ2v) is 2.40. The van der Waals surface area contributed by atoms with Crippen molar-refractivity contribution in [2.75, 3.05) is 13.1 Å². The first-order chi connectivity index (χ1) is 5.22. The Morgan fingerprint density at radius 3 is 2.91 bits per heavy atom. The van der Waals surface area contributed by atoms with E-state index in [1.54, 1.807) is 0 Å². The topological polar surface area (TPSA) is 55.1 Å². The third-order valence-corrected chi connectivity index (χ3v) is 1.41. The lowest BCUT2D eigenvalue weighted by atomic mass is 10.1. The number of terminal acetylenes is 1. The van der Waals surface area contributed by atoms with Crippen LogP contribution in [0.1, 0.15) is 13.3 Å². The molecular formula is C8H14N2O. The van der Waals surface area contributed by atoms with E-state index in [2.05, 4.69) is 11.2 Å². The summed E-state index contributed by atoms with van der Waals surface area (Å²) in [7, 11) is 0. The Hall–Kier alpha value is -1.01. The maximum absolute atomic E-state index is 11.0. The van der Waals surface area contributed by atoms with Gasteiger partial charge in [-0.25, -0.2) is 0 Å². The van der Waals surface area contributed by atoms with Crippen LogP contribution < -0.4 is 11.1 Å². The van der Waals surface area contributed by atoms with Gasteiger partial charge in [-0.2, -0.15) is 0 Å². The first kappa shape index (κ1) is 9.99. The van der Waals surface area contributed by atoms with Gasteiger partial charge in [0.15, 0.2) is 0 Å². The number of carbonyl (C=O) groups excluding carboxylic acids is 1. The Morgan fingerprint density at radius 2 is 2.45 bits per heavy atom. The van der Waals surface area contributed by atoms with Crippen LogP contribution in [0.15, 0.2) is 0 Å². The summed E-state index contributed by atoms with van der Waals surface area (Å²) in [5.41, 5.74) is 5.28. The van der Waals surface area contributed by atoms with Crippen LogP contribution in [0, 0.1) is 18.3 Å². The van der Waals surface area contributed by atoms with Crippen molar-refractivity contribution in [3.8, 4) is 12.3 Å². The molecular weight excluding hydrogens is 140 g/mol. The van der Waals surface area contributed by atoms with E-state index in [9.17, 15) is 4.79 Å². The Bertz CT molecular complexity index is 160. The SMILES string of the molecule is C#CCNC(=O)C(C)CCN. The van der Waals surface area contributed by atoms with Crippen LogP contribution in [-0.4, -0.2) is 19.0 Å². The van der Waals surface area contributed by atoms with Crippen molar-refractivity contribution in [3.05, 3.63) is 0 Å². The molecule has 0 saturated heterocycles. The van der Waals surface area contributed by atoms with E-state index in [0.29, 0.717) is 19.5 Å².